The molecule has 17 nitrogen and oxygen atoms in total. The molecule has 4 rings (SSSR count). The molecule has 17 heteroatoms. The Labute approximate surface area is 295 Å². The number of carboxylic acids is 1. The van der Waals surface area contributed by atoms with E-state index in [9.17, 15) is 43.5 Å². The Morgan fingerprint density at radius 2 is 1.20 bits per heavy atom. The fraction of sp³-hybridized carbons (Fsp3) is 0.588. The number of hydrogen-bond donors (Lipinski definition) is 7. The van der Waals surface area contributed by atoms with Gasteiger partial charge in [-0.15, -0.1) is 0 Å². The molecule has 1 aromatic carbocycles. The summed E-state index contributed by atoms with van der Waals surface area (Å²) in [5.41, 5.74) is 11.4. The summed E-state index contributed by atoms with van der Waals surface area (Å²) in [6, 6.07) is 2.60. The Hall–Kier alpha value is -5.06. The van der Waals surface area contributed by atoms with E-state index >= 15 is 0 Å². The monoisotopic (exact) mass is 712 g/mol. The van der Waals surface area contributed by atoms with E-state index in [1.54, 1.807) is 30.3 Å². The van der Waals surface area contributed by atoms with Crippen molar-refractivity contribution in [3.05, 3.63) is 35.9 Å². The largest absolute Gasteiger partial charge is 0.480 e. The van der Waals surface area contributed by atoms with Crippen molar-refractivity contribution in [2.75, 3.05) is 19.6 Å². The molecule has 6 unspecified atom stereocenters. The van der Waals surface area contributed by atoms with E-state index < -0.39 is 83.6 Å². The number of rotatable bonds is 17. The maximum Gasteiger partial charge on any atom is 0.326 e. The summed E-state index contributed by atoms with van der Waals surface area (Å²) < 4.78 is 0. The van der Waals surface area contributed by atoms with Gasteiger partial charge >= 0.3 is 5.97 Å². The zero-order chi connectivity index (χ0) is 37.1. The van der Waals surface area contributed by atoms with E-state index in [1.165, 1.54) is 9.80 Å². The van der Waals surface area contributed by atoms with Crippen LogP contribution in [-0.4, -0.2) is 118 Å². The summed E-state index contributed by atoms with van der Waals surface area (Å²) in [4.78, 5) is 106. The zero-order valence-corrected chi connectivity index (χ0v) is 28.5. The molecule has 0 bridgehead atoms. The third-order valence-corrected chi connectivity index (χ3v) is 9.54. The van der Waals surface area contributed by atoms with E-state index in [1.807, 2.05) is 0 Å². The summed E-state index contributed by atoms with van der Waals surface area (Å²) in [5, 5.41) is 20.8. The molecular formula is C34H48N8O9. The van der Waals surface area contributed by atoms with Gasteiger partial charge in [-0.2, -0.15) is 0 Å². The molecule has 7 amide bonds. The molecule has 0 aliphatic carbocycles. The van der Waals surface area contributed by atoms with E-state index in [0.29, 0.717) is 31.4 Å². The van der Waals surface area contributed by atoms with Gasteiger partial charge in [-0.25, -0.2) is 4.79 Å². The lowest BCUT2D eigenvalue weighted by molar-refractivity contribution is -0.146. The average Bonchev–Trinajstić information content (AvgIpc) is 3.90. The minimum atomic E-state index is -1.28. The lowest BCUT2D eigenvalue weighted by Crippen LogP contribution is -2.59. The van der Waals surface area contributed by atoms with Gasteiger partial charge < -0.3 is 47.6 Å². The molecule has 3 heterocycles. The second-order valence-corrected chi connectivity index (χ2v) is 13.2. The van der Waals surface area contributed by atoms with E-state index in [4.69, 9.17) is 11.5 Å². The summed E-state index contributed by atoms with van der Waals surface area (Å²) in [7, 11) is 0. The first kappa shape index (κ1) is 38.7. The highest BCUT2D eigenvalue weighted by Gasteiger charge is 2.42. The highest BCUT2D eigenvalue weighted by atomic mass is 16.4. The Balaban J connectivity index is 1.46. The molecule has 3 aliphatic rings. The van der Waals surface area contributed by atoms with Gasteiger partial charge in [0, 0.05) is 32.4 Å². The van der Waals surface area contributed by atoms with Gasteiger partial charge in [-0.3, -0.25) is 33.6 Å². The van der Waals surface area contributed by atoms with E-state index in [0.717, 1.165) is 6.42 Å². The first-order chi connectivity index (χ1) is 24.3. The molecule has 3 saturated heterocycles. The molecule has 0 saturated carbocycles. The molecule has 51 heavy (non-hydrogen) atoms. The number of nitrogens with two attached hydrogens (primary N) is 2. The highest BCUT2D eigenvalue weighted by Crippen LogP contribution is 2.23. The number of aliphatic carboxylic acids is 1. The fourth-order valence-electron chi connectivity index (χ4n) is 6.86. The average molecular weight is 713 g/mol. The normalized spacial score (nSPS) is 21.7. The quantitative estimate of drug-likeness (QED) is 0.0937. The van der Waals surface area contributed by atoms with Crippen LogP contribution >= 0.6 is 0 Å². The molecule has 3 fully saturated rings. The molecule has 9 N–H and O–H groups in total. The number of nitrogens with one attached hydrogen (secondary N) is 4. The molecule has 6 atom stereocenters. The van der Waals surface area contributed by atoms with E-state index in [-0.39, 0.29) is 58.0 Å². The van der Waals surface area contributed by atoms with Gasteiger partial charge in [-0.1, -0.05) is 30.3 Å². The van der Waals surface area contributed by atoms with Gasteiger partial charge in [0.1, 0.15) is 30.2 Å². The lowest BCUT2D eigenvalue weighted by Gasteiger charge is -2.32. The van der Waals surface area contributed by atoms with Crippen molar-refractivity contribution in [3.63, 3.8) is 0 Å². The summed E-state index contributed by atoms with van der Waals surface area (Å²) in [5.74, 6) is -5.56. The number of carbonyl (C=O) groups excluding carboxylic acids is 7. The van der Waals surface area contributed by atoms with Crippen LogP contribution < -0.4 is 32.7 Å². The molecule has 0 aromatic heterocycles. The topological polar surface area (TPSA) is 263 Å². The van der Waals surface area contributed by atoms with Crippen molar-refractivity contribution >= 4 is 47.3 Å². The first-order valence-corrected chi connectivity index (χ1v) is 17.4. The Kier molecular flexibility index (Phi) is 13.9. The number of benzene rings is 1. The van der Waals surface area contributed by atoms with Crippen LogP contribution in [0.2, 0.25) is 0 Å². The van der Waals surface area contributed by atoms with Gasteiger partial charge in [0.15, 0.2) is 0 Å². The third kappa shape index (κ3) is 10.7. The number of amides is 7. The van der Waals surface area contributed by atoms with Crippen molar-refractivity contribution in [1.29, 1.82) is 0 Å². The zero-order valence-electron chi connectivity index (χ0n) is 28.5. The van der Waals surface area contributed by atoms with Gasteiger partial charge in [0.25, 0.3) is 0 Å². The minimum Gasteiger partial charge on any atom is -0.480 e. The van der Waals surface area contributed by atoms with Crippen molar-refractivity contribution in [1.82, 2.24) is 31.1 Å². The van der Waals surface area contributed by atoms with Gasteiger partial charge in [-0.05, 0) is 63.5 Å². The van der Waals surface area contributed by atoms with Gasteiger partial charge in [0.05, 0.1) is 6.04 Å². The summed E-state index contributed by atoms with van der Waals surface area (Å²) in [6.45, 7) is 0.993. The summed E-state index contributed by atoms with van der Waals surface area (Å²) >= 11 is 0. The number of carbonyl (C=O) groups is 8. The van der Waals surface area contributed by atoms with Crippen LogP contribution in [0, 0.1) is 0 Å². The molecule has 278 valence electrons. The molecule has 0 radical (unpaired) electrons. The van der Waals surface area contributed by atoms with Crippen molar-refractivity contribution in [2.24, 2.45) is 11.5 Å². The Morgan fingerprint density at radius 1 is 0.706 bits per heavy atom. The standard InChI is InChI=1S/C34H48N8O9/c35-27(43)14-12-22(38-29(45)21-9-4-16-37-21)32(48)41-17-5-10-25(41)30(46)39-23(13-15-28(36)44)33(49)42-18-6-11-26(42)31(47)40-24(34(50)51)19-20-7-2-1-3-8-20/h1-3,7-8,21-26,37H,4-6,9-19H2,(H2,35,43)(H2,36,44)(H,38,45)(H,39,46)(H,40,47)(H,50,51). The lowest BCUT2D eigenvalue weighted by atomic mass is 10.0. The van der Waals surface area contributed by atoms with Crippen LogP contribution in [0.3, 0.4) is 0 Å². The second-order valence-electron chi connectivity index (χ2n) is 13.2. The maximum atomic E-state index is 13.9. The number of nitrogens with zero attached hydrogens (tertiary/aromatic N) is 2. The van der Waals surface area contributed by atoms with Crippen LogP contribution in [0.15, 0.2) is 30.3 Å². The Bertz CT molecular complexity index is 1470. The molecule has 0 spiro atoms. The third-order valence-electron chi connectivity index (χ3n) is 9.54. The van der Waals surface area contributed by atoms with Crippen LogP contribution in [0.25, 0.3) is 0 Å². The van der Waals surface area contributed by atoms with Crippen LogP contribution in [-0.2, 0) is 44.8 Å². The van der Waals surface area contributed by atoms with Crippen LogP contribution in [0.4, 0.5) is 0 Å². The number of hydrogen-bond acceptors (Lipinski definition) is 9. The molecule has 1 aromatic rings. The first-order valence-electron chi connectivity index (χ1n) is 17.4. The number of likely N-dealkylation sites (tertiary alicyclic amines) is 2. The smallest absolute Gasteiger partial charge is 0.326 e. The highest BCUT2D eigenvalue weighted by molar-refractivity contribution is 5.97. The van der Waals surface area contributed by atoms with E-state index in [2.05, 4.69) is 21.3 Å². The fourth-order valence-corrected chi connectivity index (χ4v) is 6.86. The minimum absolute atomic E-state index is 0.0288. The van der Waals surface area contributed by atoms with Crippen molar-refractivity contribution < 1.29 is 43.5 Å². The van der Waals surface area contributed by atoms with Crippen LogP contribution in [0.5, 0.6) is 0 Å². The molecule has 3 aliphatic heterocycles. The number of carboxylic acid groups (broad SMARTS) is 1. The van der Waals surface area contributed by atoms with Crippen molar-refractivity contribution in [2.45, 2.75) is 107 Å². The Morgan fingerprint density at radius 3 is 1.65 bits per heavy atom. The predicted octanol–water partition coefficient (Wildman–Crippen LogP) is -1.97. The van der Waals surface area contributed by atoms with Crippen molar-refractivity contribution in [3.8, 4) is 0 Å². The van der Waals surface area contributed by atoms with Gasteiger partial charge in [0.2, 0.25) is 41.4 Å². The number of primary amides is 2. The summed E-state index contributed by atoms with van der Waals surface area (Å²) in [6.07, 6.45) is 2.13. The second kappa shape index (κ2) is 18.3. The molecular weight excluding hydrogens is 664 g/mol. The predicted molar refractivity (Wildman–Crippen MR) is 181 cm³/mol. The SMILES string of the molecule is NC(=O)CCC(NC(=O)C1CCCN1)C(=O)N1CCCC1C(=O)NC(CCC(N)=O)C(=O)N1CCCC1C(=O)NC(Cc1ccccc1)C(=O)O. The van der Waals surface area contributed by atoms with Crippen LogP contribution in [0.1, 0.15) is 69.8 Å². The maximum absolute atomic E-state index is 13.9.